The minimum absolute atomic E-state index is 0.00745. The van der Waals surface area contributed by atoms with Crippen molar-refractivity contribution in [2.45, 2.75) is 32.1 Å². The highest BCUT2D eigenvalue weighted by atomic mass is 16.5. The van der Waals surface area contributed by atoms with Crippen LogP contribution in [0.5, 0.6) is 11.5 Å². The van der Waals surface area contributed by atoms with Gasteiger partial charge in [-0.1, -0.05) is 23.4 Å². The molecule has 0 spiro atoms. The number of methoxy groups -OCH3 is 1. The molecule has 3 aromatic rings. The summed E-state index contributed by atoms with van der Waals surface area (Å²) in [6.07, 6.45) is 2.23. The van der Waals surface area contributed by atoms with Gasteiger partial charge in [0.05, 0.1) is 19.6 Å². The fourth-order valence-corrected chi connectivity index (χ4v) is 5.11. The molecule has 0 bridgehead atoms. The topological polar surface area (TPSA) is 98.0 Å². The smallest absolute Gasteiger partial charge is 0.253 e. The molecule has 194 valence electrons. The molecule has 37 heavy (non-hydrogen) atoms. The third-order valence-electron chi connectivity index (χ3n) is 7.16. The van der Waals surface area contributed by atoms with Crippen LogP contribution in [0.4, 0.5) is 0 Å². The second-order valence-corrected chi connectivity index (χ2v) is 9.46. The summed E-state index contributed by atoms with van der Waals surface area (Å²) >= 11 is 0. The minimum Gasteiger partial charge on any atom is -0.493 e. The van der Waals surface area contributed by atoms with Gasteiger partial charge in [0.15, 0.2) is 11.5 Å². The first-order valence-corrected chi connectivity index (χ1v) is 12.8. The molecule has 0 radical (unpaired) electrons. The van der Waals surface area contributed by atoms with Gasteiger partial charge >= 0.3 is 0 Å². The molecule has 0 N–H and O–H groups in total. The summed E-state index contributed by atoms with van der Waals surface area (Å²) in [6, 6.07) is 14.8. The third kappa shape index (κ3) is 5.30. The summed E-state index contributed by atoms with van der Waals surface area (Å²) in [6.45, 7) is 4.84. The van der Waals surface area contributed by atoms with Gasteiger partial charge in [-0.3, -0.25) is 9.59 Å². The van der Waals surface area contributed by atoms with Crippen LogP contribution >= 0.6 is 0 Å². The molecular weight excluding hydrogens is 472 g/mol. The Bertz CT molecular complexity index is 1240. The van der Waals surface area contributed by atoms with Crippen molar-refractivity contribution in [1.82, 2.24) is 19.9 Å². The average Bonchev–Trinajstić information content (AvgIpc) is 3.64. The van der Waals surface area contributed by atoms with E-state index in [1.807, 2.05) is 60.4 Å². The molecule has 5 rings (SSSR count). The number of nitrogens with zero attached hydrogens (tertiary/aromatic N) is 4. The Hall–Kier alpha value is -3.88. The molecule has 2 fully saturated rings. The molecule has 0 unspecified atom stereocenters. The number of hydrogen-bond donors (Lipinski definition) is 0. The Morgan fingerprint density at radius 2 is 1.76 bits per heavy atom. The van der Waals surface area contributed by atoms with Crippen molar-refractivity contribution in [1.29, 1.82) is 0 Å². The first-order valence-electron chi connectivity index (χ1n) is 12.8. The van der Waals surface area contributed by atoms with Gasteiger partial charge in [-0.25, -0.2) is 0 Å². The van der Waals surface area contributed by atoms with Crippen molar-refractivity contribution in [3.8, 4) is 22.9 Å². The highest BCUT2D eigenvalue weighted by Crippen LogP contribution is 2.34. The van der Waals surface area contributed by atoms with Crippen LogP contribution in [-0.2, 0) is 4.79 Å². The van der Waals surface area contributed by atoms with Crippen LogP contribution in [0.25, 0.3) is 11.4 Å². The zero-order valence-corrected chi connectivity index (χ0v) is 21.3. The van der Waals surface area contributed by atoms with E-state index in [0.29, 0.717) is 68.0 Å². The van der Waals surface area contributed by atoms with Gasteiger partial charge in [0.25, 0.3) is 5.91 Å². The standard InChI is InChI=1S/C28H32N4O5/c1-3-36-23-10-9-21(17-24(23)35-2)25-29-26(37-30-25)19-11-14-31(15-12-19)28(34)22-13-16-32(18-22)27(33)20-7-5-4-6-8-20/h4-10,17,19,22H,3,11-16,18H2,1-2H3/t22-/m0/s1. The van der Waals surface area contributed by atoms with E-state index < -0.39 is 0 Å². The molecule has 0 saturated carbocycles. The van der Waals surface area contributed by atoms with E-state index in [0.717, 1.165) is 18.4 Å². The van der Waals surface area contributed by atoms with Crippen LogP contribution in [0.1, 0.15) is 48.4 Å². The zero-order chi connectivity index (χ0) is 25.8. The minimum atomic E-state index is -0.145. The monoisotopic (exact) mass is 504 g/mol. The third-order valence-corrected chi connectivity index (χ3v) is 7.16. The molecule has 2 saturated heterocycles. The molecule has 2 aliphatic rings. The lowest BCUT2D eigenvalue weighted by Crippen LogP contribution is -2.42. The second-order valence-electron chi connectivity index (χ2n) is 9.46. The van der Waals surface area contributed by atoms with Gasteiger partial charge in [-0.2, -0.15) is 4.98 Å². The highest BCUT2D eigenvalue weighted by molar-refractivity contribution is 5.95. The van der Waals surface area contributed by atoms with Crippen LogP contribution in [0.3, 0.4) is 0 Å². The van der Waals surface area contributed by atoms with Crippen LogP contribution in [0.2, 0.25) is 0 Å². The summed E-state index contributed by atoms with van der Waals surface area (Å²) < 4.78 is 16.6. The number of hydrogen-bond acceptors (Lipinski definition) is 7. The summed E-state index contributed by atoms with van der Waals surface area (Å²) in [5.41, 5.74) is 1.46. The van der Waals surface area contributed by atoms with E-state index in [2.05, 4.69) is 10.1 Å². The summed E-state index contributed by atoms with van der Waals surface area (Å²) in [7, 11) is 1.60. The molecule has 2 amide bonds. The van der Waals surface area contributed by atoms with E-state index in [1.165, 1.54) is 0 Å². The highest BCUT2D eigenvalue weighted by Gasteiger charge is 2.36. The molecule has 1 atom stereocenters. The Labute approximate surface area is 216 Å². The van der Waals surface area contributed by atoms with E-state index in [-0.39, 0.29) is 23.7 Å². The van der Waals surface area contributed by atoms with Crippen molar-refractivity contribution >= 4 is 11.8 Å². The number of piperidine rings is 1. The molecule has 0 aliphatic carbocycles. The summed E-state index contributed by atoms with van der Waals surface area (Å²) in [4.78, 5) is 34.3. The van der Waals surface area contributed by atoms with Crippen LogP contribution < -0.4 is 9.47 Å². The van der Waals surface area contributed by atoms with Crippen molar-refractivity contribution in [2.75, 3.05) is 39.9 Å². The quantitative estimate of drug-likeness (QED) is 0.479. The number of rotatable bonds is 7. The van der Waals surface area contributed by atoms with Crippen molar-refractivity contribution < 1.29 is 23.6 Å². The Kier molecular flexibility index (Phi) is 7.39. The Balaban J connectivity index is 1.16. The Morgan fingerprint density at radius 1 is 1.00 bits per heavy atom. The van der Waals surface area contributed by atoms with Crippen LogP contribution in [0, 0.1) is 5.92 Å². The van der Waals surface area contributed by atoms with E-state index in [1.54, 1.807) is 12.0 Å². The maximum Gasteiger partial charge on any atom is 0.253 e. The fraction of sp³-hybridized carbons (Fsp3) is 0.429. The zero-order valence-electron chi connectivity index (χ0n) is 21.3. The van der Waals surface area contributed by atoms with E-state index in [4.69, 9.17) is 14.0 Å². The molecule has 3 heterocycles. The van der Waals surface area contributed by atoms with Crippen molar-refractivity contribution in [3.05, 3.63) is 60.0 Å². The molecule has 9 heteroatoms. The number of amides is 2. The normalized spacial score (nSPS) is 18.2. The van der Waals surface area contributed by atoms with E-state index >= 15 is 0 Å². The molecule has 2 aromatic carbocycles. The lowest BCUT2D eigenvalue weighted by Gasteiger charge is -2.32. The van der Waals surface area contributed by atoms with E-state index in [9.17, 15) is 9.59 Å². The van der Waals surface area contributed by atoms with Crippen LogP contribution in [0.15, 0.2) is 53.1 Å². The van der Waals surface area contributed by atoms with Gasteiger partial charge in [0.2, 0.25) is 17.6 Å². The summed E-state index contributed by atoms with van der Waals surface area (Å²) in [5, 5.41) is 4.18. The Morgan fingerprint density at radius 3 is 2.49 bits per heavy atom. The maximum absolute atomic E-state index is 13.2. The number of carbonyl (C=O) groups excluding carboxylic acids is 2. The van der Waals surface area contributed by atoms with Gasteiger partial charge in [-0.05, 0) is 56.5 Å². The molecular formula is C28H32N4O5. The largest absolute Gasteiger partial charge is 0.493 e. The van der Waals surface area contributed by atoms with Crippen LogP contribution in [-0.4, -0.2) is 71.7 Å². The lowest BCUT2D eigenvalue weighted by atomic mass is 9.95. The predicted molar refractivity (Wildman–Crippen MR) is 136 cm³/mol. The molecule has 2 aliphatic heterocycles. The molecule has 9 nitrogen and oxygen atoms in total. The van der Waals surface area contributed by atoms with Gasteiger partial charge in [-0.15, -0.1) is 0 Å². The average molecular weight is 505 g/mol. The number of ether oxygens (including phenoxy) is 2. The van der Waals surface area contributed by atoms with Gasteiger partial charge in [0, 0.05) is 43.2 Å². The first kappa shape index (κ1) is 24.8. The number of carbonyl (C=O) groups is 2. The molecule has 1 aromatic heterocycles. The SMILES string of the molecule is CCOc1ccc(-c2noc(C3CCN(C(=O)[C@H]4CCN(C(=O)c5ccccc5)C4)CC3)n2)cc1OC. The number of benzene rings is 2. The van der Waals surface area contributed by atoms with Crippen molar-refractivity contribution in [2.24, 2.45) is 5.92 Å². The first-order chi connectivity index (χ1) is 18.1. The lowest BCUT2D eigenvalue weighted by molar-refractivity contribution is -0.136. The predicted octanol–water partition coefficient (Wildman–Crippen LogP) is 4.01. The second kappa shape index (κ2) is 11.0. The number of likely N-dealkylation sites (tertiary alicyclic amines) is 2. The van der Waals surface area contributed by atoms with Gasteiger partial charge < -0.3 is 23.8 Å². The summed E-state index contributed by atoms with van der Waals surface area (Å²) in [5.74, 6) is 2.47. The fourth-order valence-electron chi connectivity index (χ4n) is 5.11. The number of aromatic nitrogens is 2. The maximum atomic E-state index is 13.2. The van der Waals surface area contributed by atoms with Crippen molar-refractivity contribution in [3.63, 3.8) is 0 Å². The van der Waals surface area contributed by atoms with Gasteiger partial charge in [0.1, 0.15) is 0 Å².